The molecule has 1 aliphatic rings. The molecule has 0 aliphatic carbocycles. The first-order valence-electron chi connectivity index (χ1n) is 5.59. The van der Waals surface area contributed by atoms with Crippen molar-refractivity contribution in [3.63, 3.8) is 0 Å². The van der Waals surface area contributed by atoms with Crippen molar-refractivity contribution >= 4 is 11.5 Å². The molecule has 0 atom stereocenters. The van der Waals surface area contributed by atoms with Gasteiger partial charge in [0.25, 0.3) is 0 Å². The van der Waals surface area contributed by atoms with Gasteiger partial charge >= 0.3 is 0 Å². The molecule has 16 heavy (non-hydrogen) atoms. The molecule has 4 nitrogen and oxygen atoms in total. The second-order valence-electron chi connectivity index (χ2n) is 3.87. The van der Waals surface area contributed by atoms with Crippen LogP contribution in [0.15, 0.2) is 17.3 Å². The summed E-state index contributed by atoms with van der Waals surface area (Å²) >= 11 is 0. The van der Waals surface area contributed by atoms with E-state index in [2.05, 4.69) is 23.1 Å². The molecule has 4 heteroatoms. The van der Waals surface area contributed by atoms with E-state index in [1.165, 1.54) is 11.3 Å². The van der Waals surface area contributed by atoms with Crippen LogP contribution < -0.4 is 0 Å². The summed E-state index contributed by atoms with van der Waals surface area (Å²) in [4.78, 5) is 4.28. The molecular weight excluding hydrogens is 202 g/mol. The molecular formula is C12H17N3O. The first-order valence-corrected chi connectivity index (χ1v) is 5.59. The van der Waals surface area contributed by atoms with E-state index in [9.17, 15) is 0 Å². The van der Waals surface area contributed by atoms with Crippen molar-refractivity contribution in [2.75, 3.05) is 7.11 Å². The normalized spacial score (nSPS) is 15.7. The van der Waals surface area contributed by atoms with Gasteiger partial charge in [-0.05, 0) is 31.9 Å². The van der Waals surface area contributed by atoms with E-state index >= 15 is 0 Å². The Morgan fingerprint density at radius 1 is 1.44 bits per heavy atom. The number of methoxy groups -OCH3 is 1. The average molecular weight is 219 g/mol. The van der Waals surface area contributed by atoms with E-state index in [0.29, 0.717) is 0 Å². The Balaban J connectivity index is 2.31. The molecule has 2 heterocycles. The maximum atomic E-state index is 5.12. The molecule has 1 aromatic heterocycles. The van der Waals surface area contributed by atoms with Crippen LogP contribution in [0, 0.1) is 6.92 Å². The standard InChI is InChI=1S/C12H17N3O/c1-4-15-11(7-9(2)14-15)10-5-6-12(16-3)13-8-10/h7-8H,4-6H2,1-3H3. The van der Waals surface area contributed by atoms with Crippen LogP contribution in [-0.2, 0) is 11.3 Å². The number of aliphatic imine (C=N–C) groups is 1. The minimum atomic E-state index is 0.808. The summed E-state index contributed by atoms with van der Waals surface area (Å²) in [6, 6.07) is 2.11. The molecule has 0 aromatic carbocycles. The molecule has 86 valence electrons. The largest absolute Gasteiger partial charge is 0.484 e. The van der Waals surface area contributed by atoms with Crippen LogP contribution in [0.3, 0.4) is 0 Å². The van der Waals surface area contributed by atoms with Gasteiger partial charge in [0, 0.05) is 19.2 Å². The first-order chi connectivity index (χ1) is 7.74. The highest BCUT2D eigenvalue weighted by Crippen LogP contribution is 2.24. The number of hydrogen-bond donors (Lipinski definition) is 0. The van der Waals surface area contributed by atoms with Gasteiger partial charge in [0.1, 0.15) is 0 Å². The molecule has 0 amide bonds. The third kappa shape index (κ3) is 2.01. The molecule has 1 aromatic rings. The number of allylic oxidation sites excluding steroid dienone is 1. The zero-order valence-electron chi connectivity index (χ0n) is 10.0. The number of aromatic nitrogens is 2. The minimum absolute atomic E-state index is 0.808. The van der Waals surface area contributed by atoms with Crippen molar-refractivity contribution in [3.05, 3.63) is 23.7 Å². The van der Waals surface area contributed by atoms with Gasteiger partial charge in [0.05, 0.1) is 18.5 Å². The fourth-order valence-electron chi connectivity index (χ4n) is 1.91. The van der Waals surface area contributed by atoms with Gasteiger partial charge in [-0.2, -0.15) is 5.10 Å². The highest BCUT2D eigenvalue weighted by Gasteiger charge is 2.14. The summed E-state index contributed by atoms with van der Waals surface area (Å²) in [6.45, 7) is 5.01. The predicted octanol–water partition coefficient (Wildman–Crippen LogP) is 2.39. The third-order valence-electron chi connectivity index (χ3n) is 2.74. The summed E-state index contributed by atoms with van der Waals surface area (Å²) in [5, 5.41) is 4.44. The lowest BCUT2D eigenvalue weighted by molar-refractivity contribution is 0.389. The Morgan fingerprint density at radius 2 is 2.25 bits per heavy atom. The van der Waals surface area contributed by atoms with Crippen molar-refractivity contribution < 1.29 is 4.74 Å². The lowest BCUT2D eigenvalue weighted by atomic mass is 10.1. The maximum absolute atomic E-state index is 5.12. The minimum Gasteiger partial charge on any atom is -0.484 e. The zero-order chi connectivity index (χ0) is 11.5. The van der Waals surface area contributed by atoms with E-state index < -0.39 is 0 Å². The topological polar surface area (TPSA) is 39.4 Å². The number of rotatable bonds is 2. The van der Waals surface area contributed by atoms with Gasteiger partial charge < -0.3 is 4.74 Å². The van der Waals surface area contributed by atoms with Gasteiger partial charge in [-0.25, -0.2) is 4.99 Å². The van der Waals surface area contributed by atoms with Gasteiger partial charge in [-0.1, -0.05) is 0 Å². The predicted molar refractivity (Wildman–Crippen MR) is 64.3 cm³/mol. The SMILES string of the molecule is CCn1nc(C)cc1C1=CN=C(OC)CC1. The van der Waals surface area contributed by atoms with Crippen molar-refractivity contribution in [1.82, 2.24) is 9.78 Å². The smallest absolute Gasteiger partial charge is 0.187 e. The van der Waals surface area contributed by atoms with Gasteiger partial charge in [0.2, 0.25) is 0 Å². The average Bonchev–Trinajstić information content (AvgIpc) is 2.70. The van der Waals surface area contributed by atoms with Gasteiger partial charge in [-0.15, -0.1) is 0 Å². The van der Waals surface area contributed by atoms with Crippen LogP contribution in [0.25, 0.3) is 5.57 Å². The molecule has 1 aliphatic heterocycles. The van der Waals surface area contributed by atoms with Gasteiger partial charge in [0.15, 0.2) is 5.90 Å². The van der Waals surface area contributed by atoms with Crippen LogP contribution in [0.2, 0.25) is 0 Å². The summed E-state index contributed by atoms with van der Waals surface area (Å²) < 4.78 is 7.14. The fraction of sp³-hybridized carbons (Fsp3) is 0.500. The van der Waals surface area contributed by atoms with Crippen LogP contribution in [-0.4, -0.2) is 22.8 Å². The summed E-state index contributed by atoms with van der Waals surface area (Å²) in [5.74, 6) is 0.808. The van der Waals surface area contributed by atoms with Crippen LogP contribution in [0.5, 0.6) is 0 Å². The van der Waals surface area contributed by atoms with Crippen LogP contribution in [0.4, 0.5) is 0 Å². The second-order valence-corrected chi connectivity index (χ2v) is 3.87. The third-order valence-corrected chi connectivity index (χ3v) is 2.74. The van der Waals surface area contributed by atoms with E-state index in [1.54, 1.807) is 7.11 Å². The summed E-state index contributed by atoms with van der Waals surface area (Å²) in [7, 11) is 1.66. The molecule has 0 fully saturated rings. The van der Waals surface area contributed by atoms with Crippen molar-refractivity contribution in [1.29, 1.82) is 0 Å². The second kappa shape index (κ2) is 4.51. The zero-order valence-corrected chi connectivity index (χ0v) is 10.0. The highest BCUT2D eigenvalue weighted by atomic mass is 16.5. The first kappa shape index (κ1) is 10.9. The van der Waals surface area contributed by atoms with E-state index in [0.717, 1.165) is 31.0 Å². The molecule has 0 bridgehead atoms. The fourth-order valence-corrected chi connectivity index (χ4v) is 1.91. The Hall–Kier alpha value is -1.58. The van der Waals surface area contributed by atoms with E-state index in [-0.39, 0.29) is 0 Å². The molecule has 0 saturated heterocycles. The lowest BCUT2D eigenvalue weighted by Gasteiger charge is -2.13. The van der Waals surface area contributed by atoms with Crippen LogP contribution >= 0.6 is 0 Å². The Labute approximate surface area is 95.6 Å². The Morgan fingerprint density at radius 3 is 2.81 bits per heavy atom. The molecule has 0 spiro atoms. The quantitative estimate of drug-likeness (QED) is 0.766. The van der Waals surface area contributed by atoms with E-state index in [4.69, 9.17) is 4.74 Å². The monoisotopic (exact) mass is 219 g/mol. The number of nitrogens with zero attached hydrogens (tertiary/aromatic N) is 3. The van der Waals surface area contributed by atoms with Crippen molar-refractivity contribution in [2.24, 2.45) is 4.99 Å². The molecule has 0 unspecified atom stereocenters. The Kier molecular flexibility index (Phi) is 3.08. The number of ether oxygens (including phenoxy) is 1. The Bertz CT molecular complexity index is 443. The summed E-state index contributed by atoms with van der Waals surface area (Å²) in [6.07, 6.45) is 3.74. The molecule has 0 saturated carbocycles. The molecule has 0 radical (unpaired) electrons. The highest BCUT2D eigenvalue weighted by molar-refractivity contribution is 5.82. The maximum Gasteiger partial charge on any atom is 0.187 e. The van der Waals surface area contributed by atoms with Crippen molar-refractivity contribution in [2.45, 2.75) is 33.2 Å². The van der Waals surface area contributed by atoms with Crippen molar-refractivity contribution in [3.8, 4) is 0 Å². The number of aryl methyl sites for hydroxylation is 2. The molecule has 2 rings (SSSR count). The lowest BCUT2D eigenvalue weighted by Crippen LogP contribution is -2.08. The van der Waals surface area contributed by atoms with E-state index in [1.807, 2.05) is 17.8 Å². The van der Waals surface area contributed by atoms with Crippen LogP contribution in [0.1, 0.15) is 31.2 Å². The van der Waals surface area contributed by atoms with Gasteiger partial charge in [-0.3, -0.25) is 4.68 Å². The molecule has 0 N–H and O–H groups in total. The summed E-state index contributed by atoms with van der Waals surface area (Å²) in [5.41, 5.74) is 3.47. The number of hydrogen-bond acceptors (Lipinski definition) is 3.